The molecule has 0 saturated heterocycles. The van der Waals surface area contributed by atoms with E-state index in [1.54, 1.807) is 0 Å². The summed E-state index contributed by atoms with van der Waals surface area (Å²) in [5, 5.41) is 3.61. The Balaban J connectivity index is 2.83. The van der Waals surface area contributed by atoms with Crippen LogP contribution < -0.4 is 16.0 Å². The van der Waals surface area contributed by atoms with Gasteiger partial charge in [-0.05, 0) is 13.3 Å². The van der Waals surface area contributed by atoms with Gasteiger partial charge in [0.1, 0.15) is 10.7 Å². The molecule has 0 aromatic carbocycles. The third-order valence-electron chi connectivity index (χ3n) is 2.22. The lowest BCUT2D eigenvalue weighted by Crippen LogP contribution is -2.31. The van der Waals surface area contributed by atoms with Crippen LogP contribution in [0.2, 0.25) is 0 Å². The number of hydrogen-bond acceptors (Lipinski definition) is 5. The normalized spacial score (nSPS) is 12.2. The summed E-state index contributed by atoms with van der Waals surface area (Å²) in [5.41, 5.74) is 5.71. The summed E-state index contributed by atoms with van der Waals surface area (Å²) in [7, 11) is 3.74. The molecule has 3 N–H and O–H groups in total. The molecule has 0 aliphatic rings. The van der Waals surface area contributed by atoms with Gasteiger partial charge >= 0.3 is 0 Å². The molecule has 1 rings (SSSR count). The van der Waals surface area contributed by atoms with Crippen molar-refractivity contribution in [1.29, 1.82) is 0 Å². The van der Waals surface area contributed by atoms with Crippen molar-refractivity contribution in [2.75, 3.05) is 24.7 Å². The van der Waals surface area contributed by atoms with Gasteiger partial charge in [-0.3, -0.25) is 4.79 Å². The van der Waals surface area contributed by atoms with Crippen molar-refractivity contribution >= 4 is 28.2 Å². The van der Waals surface area contributed by atoms with E-state index in [4.69, 9.17) is 5.73 Å². The van der Waals surface area contributed by atoms with Gasteiger partial charge in [0.15, 0.2) is 5.13 Å². The number of amides is 1. The fourth-order valence-corrected chi connectivity index (χ4v) is 1.88. The van der Waals surface area contributed by atoms with Crippen LogP contribution in [0.15, 0.2) is 0 Å². The highest BCUT2D eigenvalue weighted by atomic mass is 32.1. The molecule has 16 heavy (non-hydrogen) atoms. The number of rotatable bonds is 4. The van der Waals surface area contributed by atoms with Crippen LogP contribution >= 0.6 is 11.3 Å². The van der Waals surface area contributed by atoms with E-state index in [-0.39, 0.29) is 11.9 Å². The maximum Gasteiger partial charge on any atom is 0.265 e. The van der Waals surface area contributed by atoms with E-state index in [2.05, 4.69) is 10.3 Å². The summed E-state index contributed by atoms with van der Waals surface area (Å²) >= 11 is 1.31. The molecule has 0 aliphatic heterocycles. The van der Waals surface area contributed by atoms with Gasteiger partial charge < -0.3 is 16.0 Å². The predicted octanol–water partition coefficient (Wildman–Crippen LogP) is 1.32. The van der Waals surface area contributed by atoms with Gasteiger partial charge in [-0.2, -0.15) is 0 Å². The monoisotopic (exact) mass is 242 g/mol. The summed E-state index contributed by atoms with van der Waals surface area (Å²) < 4.78 is 0. The van der Waals surface area contributed by atoms with Crippen LogP contribution in [0.3, 0.4) is 0 Å². The molecular formula is C10H18N4OS. The van der Waals surface area contributed by atoms with Gasteiger partial charge in [-0.25, -0.2) is 4.98 Å². The van der Waals surface area contributed by atoms with Gasteiger partial charge in [0.2, 0.25) is 0 Å². The van der Waals surface area contributed by atoms with Crippen LogP contribution in [0, 0.1) is 0 Å². The van der Waals surface area contributed by atoms with Crippen molar-refractivity contribution in [3.63, 3.8) is 0 Å². The zero-order chi connectivity index (χ0) is 12.3. The second-order valence-electron chi connectivity index (χ2n) is 3.89. The second-order valence-corrected chi connectivity index (χ2v) is 4.87. The van der Waals surface area contributed by atoms with Crippen LogP contribution in [0.1, 0.15) is 29.9 Å². The summed E-state index contributed by atoms with van der Waals surface area (Å²) in [6, 6.07) is 0.150. The maximum absolute atomic E-state index is 11.8. The fraction of sp³-hybridized carbons (Fsp3) is 0.600. The quantitative estimate of drug-likeness (QED) is 0.835. The number of carbonyl (C=O) groups is 1. The number of carbonyl (C=O) groups excluding carboxylic acids is 1. The van der Waals surface area contributed by atoms with Gasteiger partial charge in [-0.1, -0.05) is 18.3 Å². The summed E-state index contributed by atoms with van der Waals surface area (Å²) in [6.07, 6.45) is 0.894. The molecule has 0 spiro atoms. The molecule has 0 fully saturated rings. The lowest BCUT2D eigenvalue weighted by Gasteiger charge is -2.10. The summed E-state index contributed by atoms with van der Waals surface area (Å²) in [4.78, 5) is 18.3. The topological polar surface area (TPSA) is 71.2 Å². The fourth-order valence-electron chi connectivity index (χ4n) is 1.07. The van der Waals surface area contributed by atoms with E-state index in [0.29, 0.717) is 10.7 Å². The van der Waals surface area contributed by atoms with Gasteiger partial charge in [0.25, 0.3) is 5.91 Å². The number of nitrogens with one attached hydrogen (secondary N) is 1. The Morgan fingerprint density at radius 3 is 2.69 bits per heavy atom. The van der Waals surface area contributed by atoms with Crippen molar-refractivity contribution in [3.8, 4) is 0 Å². The molecule has 1 amide bonds. The van der Waals surface area contributed by atoms with Crippen LogP contribution in [0.5, 0.6) is 0 Å². The molecule has 90 valence electrons. The Hall–Kier alpha value is -1.30. The Labute approximate surface area is 99.7 Å². The molecule has 1 aromatic heterocycles. The number of nitrogens with two attached hydrogens (primary N) is 1. The summed E-state index contributed by atoms with van der Waals surface area (Å²) in [6.45, 7) is 3.98. The number of thiazole rings is 1. The van der Waals surface area contributed by atoms with Crippen molar-refractivity contribution in [2.45, 2.75) is 26.3 Å². The number of anilines is 2. The largest absolute Gasteiger partial charge is 0.382 e. The lowest BCUT2D eigenvalue weighted by molar-refractivity contribution is 0.0944. The third-order valence-corrected chi connectivity index (χ3v) is 3.46. The molecule has 0 radical (unpaired) electrons. The van der Waals surface area contributed by atoms with E-state index < -0.39 is 0 Å². The minimum atomic E-state index is -0.141. The maximum atomic E-state index is 11.8. The van der Waals surface area contributed by atoms with Crippen LogP contribution in [0.25, 0.3) is 0 Å². The van der Waals surface area contributed by atoms with E-state index in [0.717, 1.165) is 11.6 Å². The average Bonchev–Trinajstić information content (AvgIpc) is 2.60. The predicted molar refractivity (Wildman–Crippen MR) is 68.1 cm³/mol. The van der Waals surface area contributed by atoms with Crippen molar-refractivity contribution in [1.82, 2.24) is 10.3 Å². The molecule has 1 heterocycles. The molecule has 0 aliphatic carbocycles. The van der Waals surface area contributed by atoms with Crippen LogP contribution in [0.4, 0.5) is 10.9 Å². The zero-order valence-corrected chi connectivity index (χ0v) is 10.9. The van der Waals surface area contributed by atoms with Gasteiger partial charge in [-0.15, -0.1) is 0 Å². The first-order valence-electron chi connectivity index (χ1n) is 5.20. The second kappa shape index (κ2) is 5.16. The lowest BCUT2D eigenvalue weighted by atomic mass is 10.2. The SMILES string of the molecule is CCC(C)NC(=O)c1sc(N(C)C)nc1N. The molecular weight excluding hydrogens is 224 g/mol. The number of hydrogen-bond donors (Lipinski definition) is 2. The molecule has 0 saturated carbocycles. The van der Waals surface area contributed by atoms with E-state index >= 15 is 0 Å². The molecule has 0 bridgehead atoms. The average molecular weight is 242 g/mol. The van der Waals surface area contributed by atoms with Gasteiger partial charge in [0, 0.05) is 20.1 Å². The summed E-state index contributed by atoms with van der Waals surface area (Å²) in [5.74, 6) is 0.159. The minimum Gasteiger partial charge on any atom is -0.382 e. The first-order valence-corrected chi connectivity index (χ1v) is 6.01. The number of nitrogen functional groups attached to an aromatic ring is 1. The molecule has 1 aromatic rings. The molecule has 6 heteroatoms. The third kappa shape index (κ3) is 2.85. The number of aromatic nitrogens is 1. The van der Waals surface area contributed by atoms with Crippen molar-refractivity contribution in [2.24, 2.45) is 0 Å². The first-order chi connectivity index (χ1) is 7.45. The Morgan fingerprint density at radius 1 is 1.62 bits per heavy atom. The zero-order valence-electron chi connectivity index (χ0n) is 10.1. The van der Waals surface area contributed by atoms with Crippen LogP contribution in [-0.4, -0.2) is 31.0 Å². The van der Waals surface area contributed by atoms with E-state index in [1.165, 1.54) is 11.3 Å². The molecule has 1 atom stereocenters. The van der Waals surface area contributed by atoms with E-state index in [9.17, 15) is 4.79 Å². The first kappa shape index (κ1) is 12.8. The Kier molecular flexibility index (Phi) is 4.12. The molecule has 1 unspecified atom stereocenters. The molecule has 5 nitrogen and oxygen atoms in total. The van der Waals surface area contributed by atoms with Crippen molar-refractivity contribution < 1.29 is 4.79 Å². The van der Waals surface area contributed by atoms with Crippen LogP contribution in [-0.2, 0) is 0 Å². The highest BCUT2D eigenvalue weighted by Crippen LogP contribution is 2.26. The van der Waals surface area contributed by atoms with Crippen molar-refractivity contribution in [3.05, 3.63) is 4.88 Å². The standard InChI is InChI=1S/C10H18N4OS/c1-5-6(2)12-9(15)7-8(11)13-10(16-7)14(3)4/h6H,5,11H2,1-4H3,(H,12,15). The Morgan fingerprint density at radius 2 is 2.25 bits per heavy atom. The van der Waals surface area contributed by atoms with E-state index in [1.807, 2.05) is 32.8 Å². The Bertz CT molecular complexity index is 375. The van der Waals surface area contributed by atoms with Gasteiger partial charge in [0.05, 0.1) is 0 Å². The smallest absolute Gasteiger partial charge is 0.265 e. The highest BCUT2D eigenvalue weighted by molar-refractivity contribution is 7.18. The number of nitrogens with zero attached hydrogens (tertiary/aromatic N) is 2. The highest BCUT2D eigenvalue weighted by Gasteiger charge is 2.17. The minimum absolute atomic E-state index is 0.141.